The number of H-pyrrole nitrogens is 1. The second kappa shape index (κ2) is 4.70. The van der Waals surface area contributed by atoms with Crippen LogP contribution in [0.25, 0.3) is 11.2 Å². The summed E-state index contributed by atoms with van der Waals surface area (Å²) in [6.07, 6.45) is 9.31. The van der Waals surface area contributed by atoms with E-state index in [0.29, 0.717) is 6.04 Å². The van der Waals surface area contributed by atoms with E-state index < -0.39 is 0 Å². The third-order valence-corrected chi connectivity index (χ3v) is 4.16. The summed E-state index contributed by atoms with van der Waals surface area (Å²) < 4.78 is 2.07. The summed E-state index contributed by atoms with van der Waals surface area (Å²) in [6.45, 7) is 0.182. The molecule has 0 aromatic carbocycles. The van der Waals surface area contributed by atoms with Crippen LogP contribution in [-0.2, 0) is 0 Å². The van der Waals surface area contributed by atoms with Crippen LogP contribution in [0.4, 0.5) is 11.8 Å². The average molecular weight is 287 g/mol. The molecule has 7 nitrogen and oxygen atoms in total. The van der Waals surface area contributed by atoms with Gasteiger partial charge in [0.2, 0.25) is 5.52 Å². The molecule has 5 N–H and O–H groups in total. The van der Waals surface area contributed by atoms with Crippen LogP contribution < -0.4 is 15.6 Å². The van der Waals surface area contributed by atoms with Gasteiger partial charge in [-0.1, -0.05) is 17.1 Å². The van der Waals surface area contributed by atoms with E-state index in [4.69, 9.17) is 5.73 Å². The van der Waals surface area contributed by atoms with Crippen molar-refractivity contribution in [2.24, 2.45) is 5.92 Å². The van der Waals surface area contributed by atoms with E-state index in [0.717, 1.165) is 23.4 Å². The maximum Gasteiger partial charge on any atom is 0.310 e. The molecule has 21 heavy (non-hydrogen) atoms. The van der Waals surface area contributed by atoms with Crippen molar-refractivity contribution in [2.75, 3.05) is 17.7 Å². The lowest BCUT2D eigenvalue weighted by atomic mass is 10.1. The highest BCUT2D eigenvalue weighted by molar-refractivity contribution is 5.81. The fraction of sp³-hybridized carbons (Fsp3) is 0.500. The van der Waals surface area contributed by atoms with Crippen molar-refractivity contribution in [1.29, 1.82) is 0 Å². The lowest BCUT2D eigenvalue weighted by Crippen LogP contribution is -2.37. The molecular formula is C14H19N6O+. The Kier molecular flexibility index (Phi) is 2.81. The van der Waals surface area contributed by atoms with Gasteiger partial charge in [0.25, 0.3) is 5.95 Å². The Bertz CT molecular complexity index is 705. The molecular weight excluding hydrogens is 268 g/mol. The number of fused-ring (bicyclic) bond motifs is 1. The number of nitrogens with one attached hydrogen (secondary N) is 2. The number of rotatable bonds is 4. The minimum absolute atomic E-state index is 0.182. The Morgan fingerprint density at radius 3 is 2.95 bits per heavy atom. The van der Waals surface area contributed by atoms with Crippen LogP contribution >= 0.6 is 0 Å². The molecule has 0 saturated heterocycles. The second-order valence-electron chi connectivity index (χ2n) is 5.86. The van der Waals surface area contributed by atoms with E-state index in [9.17, 15) is 5.11 Å². The van der Waals surface area contributed by atoms with Crippen LogP contribution in [0.15, 0.2) is 18.5 Å². The van der Waals surface area contributed by atoms with Gasteiger partial charge >= 0.3 is 5.65 Å². The van der Waals surface area contributed by atoms with Gasteiger partial charge in [-0.15, -0.1) is 0 Å². The zero-order chi connectivity index (χ0) is 14.4. The first-order valence-corrected chi connectivity index (χ1v) is 7.36. The van der Waals surface area contributed by atoms with Gasteiger partial charge in [-0.05, 0) is 19.3 Å². The number of aromatic amines is 1. The number of aliphatic hydroxyl groups is 1. The molecule has 0 unspecified atom stereocenters. The number of nitrogen functional groups attached to an aromatic ring is 1. The number of imidazole rings is 1. The molecule has 2 aliphatic rings. The molecule has 1 saturated carbocycles. The number of aromatic nitrogens is 4. The van der Waals surface area contributed by atoms with E-state index in [1.54, 1.807) is 0 Å². The van der Waals surface area contributed by atoms with E-state index in [-0.39, 0.29) is 24.5 Å². The predicted octanol–water partition coefficient (Wildman–Crippen LogP) is 0.511. The maximum atomic E-state index is 9.26. The monoisotopic (exact) mass is 287 g/mol. The second-order valence-corrected chi connectivity index (χ2v) is 5.86. The largest absolute Gasteiger partial charge is 0.396 e. The highest BCUT2D eigenvalue weighted by Gasteiger charge is 2.29. The summed E-state index contributed by atoms with van der Waals surface area (Å²) in [4.78, 5) is 11.9. The zero-order valence-electron chi connectivity index (χ0n) is 11.7. The van der Waals surface area contributed by atoms with Gasteiger partial charge in [0, 0.05) is 18.6 Å². The standard InChI is InChI=1S/C14H18N6O/c15-14-18-12(17-9-2-3-9)11-13(19-14)20(7-16-11)10-4-1-8(5-10)6-21/h1,4,7-10,21H,2-3,5-6H2,(H3,15,17,18,19)/p+1/t8-,10+/m1/s1. The number of nitrogens with zero attached hydrogens (tertiary/aromatic N) is 3. The highest BCUT2D eigenvalue weighted by Crippen LogP contribution is 2.28. The van der Waals surface area contributed by atoms with Crippen molar-refractivity contribution >= 4 is 22.9 Å². The normalized spacial score (nSPS) is 24.8. The van der Waals surface area contributed by atoms with Crippen molar-refractivity contribution in [3.8, 4) is 0 Å². The van der Waals surface area contributed by atoms with Crippen molar-refractivity contribution in [3.05, 3.63) is 18.5 Å². The number of nitrogens with two attached hydrogens (primary N) is 1. The zero-order valence-corrected chi connectivity index (χ0v) is 11.7. The molecule has 1 fully saturated rings. The smallest absolute Gasteiger partial charge is 0.310 e. The van der Waals surface area contributed by atoms with Crippen LogP contribution in [0.2, 0.25) is 0 Å². The number of anilines is 2. The number of aliphatic hydroxyl groups excluding tert-OH is 1. The van der Waals surface area contributed by atoms with Gasteiger partial charge in [0.1, 0.15) is 6.04 Å². The average Bonchev–Trinajstić information content (AvgIpc) is 3.01. The summed E-state index contributed by atoms with van der Waals surface area (Å²) >= 11 is 0. The van der Waals surface area contributed by atoms with Crippen molar-refractivity contribution in [3.63, 3.8) is 0 Å². The molecule has 2 aromatic rings. The van der Waals surface area contributed by atoms with Gasteiger partial charge in [-0.3, -0.25) is 4.98 Å². The van der Waals surface area contributed by atoms with Gasteiger partial charge in [0.05, 0.1) is 0 Å². The molecule has 0 aliphatic heterocycles. The van der Waals surface area contributed by atoms with Crippen LogP contribution in [0.5, 0.6) is 0 Å². The van der Waals surface area contributed by atoms with Crippen molar-refractivity contribution in [1.82, 2.24) is 15.0 Å². The first-order valence-electron chi connectivity index (χ1n) is 7.36. The maximum absolute atomic E-state index is 9.26. The predicted molar refractivity (Wildman–Crippen MR) is 78.5 cm³/mol. The van der Waals surface area contributed by atoms with E-state index in [1.165, 1.54) is 12.8 Å². The minimum Gasteiger partial charge on any atom is -0.396 e. The van der Waals surface area contributed by atoms with Gasteiger partial charge < -0.3 is 16.2 Å². The Hall–Kier alpha value is -2.15. The Labute approximate surface area is 121 Å². The molecule has 110 valence electrons. The summed E-state index contributed by atoms with van der Waals surface area (Å²) in [5.74, 6) is 1.27. The molecule has 2 aliphatic carbocycles. The molecule has 2 atom stereocenters. The summed E-state index contributed by atoms with van der Waals surface area (Å²) in [6, 6.07) is 0.698. The molecule has 0 bridgehead atoms. The van der Waals surface area contributed by atoms with Crippen LogP contribution in [0.1, 0.15) is 25.3 Å². The molecule has 0 amide bonds. The SMILES string of the molecule is Nc1nc(NC2CC2)c2[nH]c[n+]([C@H]3C=C[C@@H](CO)C3)c2n1. The minimum atomic E-state index is 0.182. The molecule has 4 rings (SSSR count). The number of hydrogen-bond acceptors (Lipinski definition) is 5. The number of hydrogen-bond donors (Lipinski definition) is 4. The van der Waals surface area contributed by atoms with Gasteiger partial charge in [0.15, 0.2) is 12.1 Å². The molecule has 7 heteroatoms. The van der Waals surface area contributed by atoms with E-state index in [2.05, 4.69) is 37.0 Å². The summed E-state index contributed by atoms with van der Waals surface area (Å²) in [7, 11) is 0. The fourth-order valence-corrected chi connectivity index (χ4v) is 2.85. The first kappa shape index (κ1) is 12.6. The topological polar surface area (TPSA) is 104 Å². The van der Waals surface area contributed by atoms with Crippen LogP contribution in [-0.4, -0.2) is 32.7 Å². The summed E-state index contributed by atoms with van der Waals surface area (Å²) in [5, 5.41) is 12.7. The van der Waals surface area contributed by atoms with Crippen LogP contribution in [0, 0.1) is 5.92 Å². The lowest BCUT2D eigenvalue weighted by Gasteiger charge is -2.08. The quantitative estimate of drug-likeness (QED) is 0.484. The molecule has 0 spiro atoms. The lowest BCUT2D eigenvalue weighted by molar-refractivity contribution is -0.689. The molecule has 2 aromatic heterocycles. The Morgan fingerprint density at radius 1 is 1.38 bits per heavy atom. The van der Waals surface area contributed by atoms with Gasteiger partial charge in [-0.2, -0.15) is 4.98 Å². The third-order valence-electron chi connectivity index (χ3n) is 4.16. The third kappa shape index (κ3) is 2.23. The van der Waals surface area contributed by atoms with E-state index in [1.807, 2.05) is 6.33 Å². The summed E-state index contributed by atoms with van der Waals surface area (Å²) in [5.41, 5.74) is 7.54. The van der Waals surface area contributed by atoms with E-state index >= 15 is 0 Å². The van der Waals surface area contributed by atoms with Crippen molar-refractivity contribution < 1.29 is 9.67 Å². The van der Waals surface area contributed by atoms with Crippen LogP contribution in [0.3, 0.4) is 0 Å². The first-order chi connectivity index (χ1) is 10.2. The Balaban J connectivity index is 1.73. The Morgan fingerprint density at radius 2 is 2.24 bits per heavy atom. The fourth-order valence-electron chi connectivity index (χ4n) is 2.85. The molecule has 0 radical (unpaired) electrons. The molecule has 2 heterocycles. The highest BCUT2D eigenvalue weighted by atomic mass is 16.3. The number of allylic oxidation sites excluding steroid dienone is 1. The van der Waals surface area contributed by atoms with Gasteiger partial charge in [-0.25, -0.2) is 4.57 Å². The van der Waals surface area contributed by atoms with Crippen molar-refractivity contribution in [2.45, 2.75) is 31.3 Å².